The molecular formula is C17H23ClN4O2. The van der Waals surface area contributed by atoms with Gasteiger partial charge in [0, 0.05) is 56.6 Å². The van der Waals surface area contributed by atoms with Crippen molar-refractivity contribution < 1.29 is 9.59 Å². The van der Waals surface area contributed by atoms with Crippen LogP contribution in [0.15, 0.2) is 30.5 Å². The van der Waals surface area contributed by atoms with Gasteiger partial charge in [-0.15, -0.1) is 12.4 Å². The quantitative estimate of drug-likeness (QED) is 0.772. The van der Waals surface area contributed by atoms with Gasteiger partial charge in [0.1, 0.15) is 6.04 Å². The first-order valence-electron chi connectivity index (χ1n) is 7.97. The molecule has 2 amide bonds. The van der Waals surface area contributed by atoms with Gasteiger partial charge in [-0.2, -0.15) is 0 Å². The maximum Gasteiger partial charge on any atom is 0.245 e. The zero-order valence-corrected chi connectivity index (χ0v) is 14.5. The van der Waals surface area contributed by atoms with E-state index in [4.69, 9.17) is 0 Å². The maximum absolute atomic E-state index is 12.8. The molecule has 3 rings (SSSR count). The third kappa shape index (κ3) is 4.07. The summed E-state index contributed by atoms with van der Waals surface area (Å²) in [4.78, 5) is 29.3. The monoisotopic (exact) mass is 350 g/mol. The minimum atomic E-state index is -0.523. The Hall–Kier alpha value is -2.05. The Morgan fingerprint density at radius 3 is 2.67 bits per heavy atom. The number of halogens is 1. The summed E-state index contributed by atoms with van der Waals surface area (Å²) in [5.41, 5.74) is 2.08. The lowest BCUT2D eigenvalue weighted by Crippen LogP contribution is -2.54. The molecule has 1 aromatic carbocycles. The van der Waals surface area contributed by atoms with E-state index in [2.05, 4.69) is 15.6 Å². The molecule has 0 aliphatic carbocycles. The molecular weight excluding hydrogens is 328 g/mol. The van der Waals surface area contributed by atoms with Crippen molar-refractivity contribution in [3.05, 3.63) is 36.0 Å². The Morgan fingerprint density at radius 2 is 1.96 bits per heavy atom. The molecule has 1 fully saturated rings. The number of hydrogen-bond donors (Lipinski definition) is 3. The van der Waals surface area contributed by atoms with Crippen LogP contribution in [0, 0.1) is 0 Å². The molecule has 24 heavy (non-hydrogen) atoms. The lowest BCUT2D eigenvalue weighted by molar-refractivity contribution is -0.136. The average Bonchev–Trinajstić information content (AvgIpc) is 2.97. The number of H-pyrrole nitrogens is 1. The van der Waals surface area contributed by atoms with Crippen LogP contribution in [0.5, 0.6) is 0 Å². The number of aromatic amines is 1. The van der Waals surface area contributed by atoms with Crippen molar-refractivity contribution in [2.24, 2.45) is 0 Å². The molecule has 0 radical (unpaired) electrons. The van der Waals surface area contributed by atoms with Gasteiger partial charge in [-0.3, -0.25) is 9.59 Å². The Bertz CT molecular complexity index is 709. The van der Waals surface area contributed by atoms with Crippen molar-refractivity contribution in [3.63, 3.8) is 0 Å². The van der Waals surface area contributed by atoms with Gasteiger partial charge in [-0.1, -0.05) is 18.2 Å². The number of amides is 2. The second-order valence-corrected chi connectivity index (χ2v) is 5.89. The van der Waals surface area contributed by atoms with E-state index >= 15 is 0 Å². The van der Waals surface area contributed by atoms with Gasteiger partial charge in [0.2, 0.25) is 11.8 Å². The number of aromatic nitrogens is 1. The molecule has 2 heterocycles. The van der Waals surface area contributed by atoms with Crippen LogP contribution in [0.1, 0.15) is 12.5 Å². The molecule has 3 N–H and O–H groups in total. The minimum absolute atomic E-state index is 0. The van der Waals surface area contributed by atoms with Crippen LogP contribution in [0.2, 0.25) is 0 Å². The summed E-state index contributed by atoms with van der Waals surface area (Å²) in [6, 6.07) is 7.46. The van der Waals surface area contributed by atoms with Crippen LogP contribution < -0.4 is 10.6 Å². The molecule has 0 spiro atoms. The minimum Gasteiger partial charge on any atom is -0.361 e. The molecule has 1 aliphatic heterocycles. The summed E-state index contributed by atoms with van der Waals surface area (Å²) < 4.78 is 0. The third-order valence-corrected chi connectivity index (χ3v) is 4.20. The molecule has 2 aromatic rings. The lowest BCUT2D eigenvalue weighted by atomic mass is 10.0. The second-order valence-electron chi connectivity index (χ2n) is 5.89. The predicted molar refractivity (Wildman–Crippen MR) is 96.3 cm³/mol. The first-order chi connectivity index (χ1) is 11.1. The van der Waals surface area contributed by atoms with Crippen molar-refractivity contribution in [2.45, 2.75) is 19.4 Å². The van der Waals surface area contributed by atoms with E-state index in [9.17, 15) is 9.59 Å². The second kappa shape index (κ2) is 8.17. The molecule has 7 heteroatoms. The smallest absolute Gasteiger partial charge is 0.245 e. The highest BCUT2D eigenvalue weighted by Crippen LogP contribution is 2.19. The largest absolute Gasteiger partial charge is 0.361 e. The topological polar surface area (TPSA) is 77.2 Å². The summed E-state index contributed by atoms with van der Waals surface area (Å²) >= 11 is 0. The number of nitrogens with zero attached hydrogens (tertiary/aromatic N) is 1. The molecule has 1 unspecified atom stereocenters. The highest BCUT2D eigenvalue weighted by atomic mass is 35.5. The molecule has 1 aromatic heterocycles. The molecule has 130 valence electrons. The fraction of sp³-hybridized carbons (Fsp3) is 0.412. The van der Waals surface area contributed by atoms with Crippen molar-refractivity contribution >= 4 is 35.1 Å². The summed E-state index contributed by atoms with van der Waals surface area (Å²) in [7, 11) is 0. The fourth-order valence-corrected chi connectivity index (χ4v) is 3.07. The average molecular weight is 351 g/mol. The summed E-state index contributed by atoms with van der Waals surface area (Å²) in [6.07, 6.45) is 2.41. The number of carbonyl (C=O) groups excluding carboxylic acids is 2. The highest BCUT2D eigenvalue weighted by Gasteiger charge is 2.27. The standard InChI is InChI=1S/C17H22N4O2.ClH/c1-12(22)20-16(17(23)21-8-6-18-7-9-21)10-13-11-19-15-5-3-2-4-14(13)15;/h2-5,11,16,18-19H,6-10H2,1H3,(H,20,22);1H. The van der Waals surface area contributed by atoms with Crippen molar-refractivity contribution in [1.29, 1.82) is 0 Å². The Kier molecular flexibility index (Phi) is 6.23. The van der Waals surface area contributed by atoms with Crippen molar-refractivity contribution in [2.75, 3.05) is 26.2 Å². The van der Waals surface area contributed by atoms with Crippen LogP contribution in [0.4, 0.5) is 0 Å². The number of hydrogen-bond acceptors (Lipinski definition) is 3. The number of carbonyl (C=O) groups is 2. The SMILES string of the molecule is CC(=O)NC(Cc1c[nH]c2ccccc12)C(=O)N1CCNCC1.Cl. The first-order valence-corrected chi connectivity index (χ1v) is 7.97. The summed E-state index contributed by atoms with van der Waals surface area (Å²) in [5.74, 6) is -0.190. The molecule has 1 saturated heterocycles. The van der Waals surface area contributed by atoms with E-state index in [1.165, 1.54) is 6.92 Å². The Labute approximate surface area is 147 Å². The van der Waals surface area contributed by atoms with Crippen LogP contribution in [0.25, 0.3) is 10.9 Å². The zero-order chi connectivity index (χ0) is 16.2. The van der Waals surface area contributed by atoms with E-state index in [0.29, 0.717) is 19.5 Å². The van der Waals surface area contributed by atoms with Crippen LogP contribution in [-0.2, 0) is 16.0 Å². The van der Waals surface area contributed by atoms with E-state index in [0.717, 1.165) is 29.6 Å². The van der Waals surface area contributed by atoms with Crippen LogP contribution >= 0.6 is 12.4 Å². The molecule has 1 atom stereocenters. The van der Waals surface area contributed by atoms with E-state index < -0.39 is 6.04 Å². The van der Waals surface area contributed by atoms with E-state index in [1.807, 2.05) is 35.4 Å². The van der Waals surface area contributed by atoms with Gasteiger partial charge in [-0.25, -0.2) is 0 Å². The van der Waals surface area contributed by atoms with Gasteiger partial charge >= 0.3 is 0 Å². The van der Waals surface area contributed by atoms with Crippen LogP contribution in [-0.4, -0.2) is 53.9 Å². The third-order valence-electron chi connectivity index (χ3n) is 4.20. The Balaban J connectivity index is 0.00000208. The number of rotatable bonds is 4. The fourth-order valence-electron chi connectivity index (χ4n) is 3.07. The molecule has 6 nitrogen and oxygen atoms in total. The number of piperazine rings is 1. The van der Waals surface area contributed by atoms with Gasteiger partial charge in [0.15, 0.2) is 0 Å². The normalized spacial score (nSPS) is 15.6. The van der Waals surface area contributed by atoms with Gasteiger partial charge in [-0.05, 0) is 11.6 Å². The number of fused-ring (bicyclic) bond motifs is 1. The number of benzene rings is 1. The van der Waals surface area contributed by atoms with Crippen molar-refractivity contribution in [1.82, 2.24) is 20.5 Å². The van der Waals surface area contributed by atoms with Crippen LogP contribution in [0.3, 0.4) is 0 Å². The highest BCUT2D eigenvalue weighted by molar-refractivity contribution is 5.89. The molecule has 0 saturated carbocycles. The summed E-state index contributed by atoms with van der Waals surface area (Å²) in [6.45, 7) is 4.41. The lowest BCUT2D eigenvalue weighted by Gasteiger charge is -2.31. The summed E-state index contributed by atoms with van der Waals surface area (Å²) in [5, 5.41) is 7.14. The van der Waals surface area contributed by atoms with Gasteiger partial charge < -0.3 is 20.5 Å². The van der Waals surface area contributed by atoms with Gasteiger partial charge in [0.25, 0.3) is 0 Å². The predicted octanol–water partition coefficient (Wildman–Crippen LogP) is 1.07. The maximum atomic E-state index is 12.8. The zero-order valence-electron chi connectivity index (χ0n) is 13.7. The Morgan fingerprint density at radius 1 is 1.25 bits per heavy atom. The van der Waals surface area contributed by atoms with E-state index in [-0.39, 0.29) is 24.2 Å². The van der Waals surface area contributed by atoms with E-state index in [1.54, 1.807) is 0 Å². The molecule has 0 bridgehead atoms. The number of para-hydroxylation sites is 1. The van der Waals surface area contributed by atoms with Crippen molar-refractivity contribution in [3.8, 4) is 0 Å². The molecule has 1 aliphatic rings. The van der Waals surface area contributed by atoms with Gasteiger partial charge in [0.05, 0.1) is 0 Å². The number of nitrogens with one attached hydrogen (secondary N) is 3. The first kappa shape index (κ1) is 18.3.